The lowest BCUT2D eigenvalue weighted by Gasteiger charge is -2.56. The van der Waals surface area contributed by atoms with E-state index in [-0.39, 0.29) is 0 Å². The van der Waals surface area contributed by atoms with Crippen molar-refractivity contribution in [3.8, 4) is 0 Å². The number of aliphatic hydroxyl groups excluding tert-OH is 1. The van der Waals surface area contributed by atoms with Crippen LogP contribution >= 0.6 is 0 Å². The Kier molecular flexibility index (Phi) is 4.19. The summed E-state index contributed by atoms with van der Waals surface area (Å²) in [5.74, 6) is 0.940. The summed E-state index contributed by atoms with van der Waals surface area (Å²) in [7, 11) is 0. The van der Waals surface area contributed by atoms with Gasteiger partial charge in [-0.3, -0.25) is 4.90 Å². The lowest BCUT2D eigenvalue weighted by molar-refractivity contribution is -0.0702. The van der Waals surface area contributed by atoms with Crippen LogP contribution in [0.1, 0.15) is 77.6 Å². The normalized spacial score (nSPS) is 42.9. The molecule has 1 spiro atoms. The van der Waals surface area contributed by atoms with Crippen molar-refractivity contribution in [1.82, 2.24) is 4.90 Å². The van der Waals surface area contributed by atoms with E-state index < -0.39 is 0 Å². The molecule has 2 heterocycles. The minimum absolute atomic E-state index is 0.386. The number of nitrogens with zero attached hydrogens (tertiary/aromatic N) is 1. The van der Waals surface area contributed by atoms with E-state index in [0.717, 1.165) is 12.0 Å². The lowest BCUT2D eigenvalue weighted by atomic mass is 9.66. The summed E-state index contributed by atoms with van der Waals surface area (Å²) in [5.41, 5.74) is 0.502. The molecule has 0 amide bonds. The fourth-order valence-corrected chi connectivity index (χ4v) is 5.52. The SMILES string of the molecule is CCCCC1CCC2CCCCC23CC[C@@H](CO)N13. The average Bonchev–Trinajstić information content (AvgIpc) is 2.83. The molecule has 3 aliphatic rings. The Labute approximate surface area is 118 Å². The molecule has 0 bridgehead atoms. The molecular formula is C17H31NO. The van der Waals surface area contributed by atoms with Gasteiger partial charge in [-0.25, -0.2) is 0 Å². The van der Waals surface area contributed by atoms with Gasteiger partial charge in [0, 0.05) is 17.6 Å². The molecule has 0 aromatic rings. The van der Waals surface area contributed by atoms with E-state index in [1.807, 2.05) is 0 Å². The lowest BCUT2D eigenvalue weighted by Crippen LogP contribution is -2.61. The van der Waals surface area contributed by atoms with Gasteiger partial charge in [0.25, 0.3) is 0 Å². The van der Waals surface area contributed by atoms with Crippen molar-refractivity contribution in [2.75, 3.05) is 6.61 Å². The van der Waals surface area contributed by atoms with Gasteiger partial charge in [-0.05, 0) is 50.9 Å². The Balaban J connectivity index is 1.83. The van der Waals surface area contributed by atoms with Crippen LogP contribution in [-0.4, -0.2) is 34.2 Å². The number of rotatable bonds is 4. The van der Waals surface area contributed by atoms with Gasteiger partial charge in [0.2, 0.25) is 0 Å². The molecule has 2 nitrogen and oxygen atoms in total. The number of unbranched alkanes of at least 4 members (excludes halogenated alkanes) is 1. The molecule has 0 aromatic heterocycles. The van der Waals surface area contributed by atoms with Crippen molar-refractivity contribution >= 4 is 0 Å². The Morgan fingerprint density at radius 3 is 2.74 bits per heavy atom. The zero-order valence-electron chi connectivity index (χ0n) is 12.6. The molecule has 4 atom stereocenters. The molecule has 2 heteroatoms. The Bertz CT molecular complexity index is 306. The van der Waals surface area contributed by atoms with Crippen molar-refractivity contribution in [2.45, 2.75) is 95.2 Å². The minimum Gasteiger partial charge on any atom is -0.395 e. The zero-order chi connectivity index (χ0) is 13.3. The van der Waals surface area contributed by atoms with Crippen LogP contribution in [0.5, 0.6) is 0 Å². The highest BCUT2D eigenvalue weighted by molar-refractivity contribution is 5.10. The third-order valence-electron chi connectivity index (χ3n) is 6.33. The Morgan fingerprint density at radius 1 is 1.05 bits per heavy atom. The van der Waals surface area contributed by atoms with Crippen LogP contribution in [0.3, 0.4) is 0 Å². The maximum absolute atomic E-state index is 9.79. The summed E-state index contributed by atoms with van der Waals surface area (Å²) < 4.78 is 0. The van der Waals surface area contributed by atoms with Crippen molar-refractivity contribution in [3.05, 3.63) is 0 Å². The highest BCUT2D eigenvalue weighted by atomic mass is 16.3. The van der Waals surface area contributed by atoms with Crippen LogP contribution in [0.2, 0.25) is 0 Å². The summed E-state index contributed by atoms with van der Waals surface area (Å²) in [6, 6.07) is 1.25. The molecule has 3 unspecified atom stereocenters. The molecule has 110 valence electrons. The molecule has 2 aliphatic heterocycles. The topological polar surface area (TPSA) is 23.5 Å². The van der Waals surface area contributed by atoms with Gasteiger partial charge < -0.3 is 5.11 Å². The maximum Gasteiger partial charge on any atom is 0.0587 e. The van der Waals surface area contributed by atoms with E-state index in [9.17, 15) is 5.11 Å². The second-order valence-electron chi connectivity index (χ2n) is 7.20. The predicted molar refractivity (Wildman–Crippen MR) is 79.2 cm³/mol. The van der Waals surface area contributed by atoms with Crippen LogP contribution < -0.4 is 0 Å². The number of hydrogen-bond acceptors (Lipinski definition) is 2. The second kappa shape index (κ2) is 5.73. The first kappa shape index (κ1) is 13.9. The molecule has 1 N–H and O–H groups in total. The fourth-order valence-electron chi connectivity index (χ4n) is 5.52. The van der Waals surface area contributed by atoms with E-state index >= 15 is 0 Å². The summed E-state index contributed by atoms with van der Waals surface area (Å²) in [6.07, 6.45) is 15.2. The van der Waals surface area contributed by atoms with E-state index in [0.29, 0.717) is 18.2 Å². The average molecular weight is 265 g/mol. The van der Waals surface area contributed by atoms with Gasteiger partial charge >= 0.3 is 0 Å². The summed E-state index contributed by atoms with van der Waals surface area (Å²) in [6.45, 7) is 2.69. The number of aliphatic hydroxyl groups is 1. The van der Waals surface area contributed by atoms with Crippen LogP contribution in [0.25, 0.3) is 0 Å². The molecule has 3 rings (SSSR count). The predicted octanol–water partition coefficient (Wildman–Crippen LogP) is 3.72. The summed E-state index contributed by atoms with van der Waals surface area (Å²) >= 11 is 0. The number of hydrogen-bond donors (Lipinski definition) is 1. The van der Waals surface area contributed by atoms with Gasteiger partial charge in [0.05, 0.1) is 6.61 Å². The summed E-state index contributed by atoms with van der Waals surface area (Å²) in [4.78, 5) is 2.84. The fraction of sp³-hybridized carbons (Fsp3) is 1.00. The van der Waals surface area contributed by atoms with E-state index in [4.69, 9.17) is 0 Å². The minimum atomic E-state index is 0.386. The first-order chi connectivity index (χ1) is 9.31. The van der Waals surface area contributed by atoms with Crippen molar-refractivity contribution in [2.24, 2.45) is 5.92 Å². The van der Waals surface area contributed by atoms with Crippen molar-refractivity contribution in [3.63, 3.8) is 0 Å². The standard InChI is InChI=1S/C17H31NO/c1-2-3-7-15-9-8-14-6-4-5-11-17(14)12-10-16(13-19)18(15)17/h14-16,19H,2-13H2,1H3/t14?,15?,16-,17?/m0/s1. The van der Waals surface area contributed by atoms with Gasteiger partial charge in [0.15, 0.2) is 0 Å². The van der Waals surface area contributed by atoms with E-state index in [2.05, 4.69) is 11.8 Å². The highest BCUT2D eigenvalue weighted by Crippen LogP contribution is 2.54. The zero-order valence-corrected chi connectivity index (χ0v) is 12.6. The third kappa shape index (κ3) is 2.25. The van der Waals surface area contributed by atoms with Gasteiger partial charge in [-0.2, -0.15) is 0 Å². The second-order valence-corrected chi connectivity index (χ2v) is 7.20. The molecule has 3 fully saturated rings. The maximum atomic E-state index is 9.79. The summed E-state index contributed by atoms with van der Waals surface area (Å²) in [5, 5.41) is 9.79. The van der Waals surface area contributed by atoms with E-state index in [1.165, 1.54) is 70.6 Å². The van der Waals surface area contributed by atoms with Crippen LogP contribution in [-0.2, 0) is 0 Å². The van der Waals surface area contributed by atoms with Gasteiger partial charge in [0.1, 0.15) is 0 Å². The van der Waals surface area contributed by atoms with Gasteiger partial charge in [-0.15, -0.1) is 0 Å². The highest BCUT2D eigenvalue weighted by Gasteiger charge is 2.55. The molecule has 19 heavy (non-hydrogen) atoms. The van der Waals surface area contributed by atoms with Crippen LogP contribution in [0.15, 0.2) is 0 Å². The Morgan fingerprint density at radius 2 is 1.95 bits per heavy atom. The monoisotopic (exact) mass is 265 g/mol. The number of piperidine rings is 1. The van der Waals surface area contributed by atoms with Gasteiger partial charge in [-0.1, -0.05) is 32.6 Å². The quantitative estimate of drug-likeness (QED) is 0.837. The molecule has 0 radical (unpaired) electrons. The molecule has 2 saturated heterocycles. The molecule has 1 aliphatic carbocycles. The molecule has 1 saturated carbocycles. The molecular weight excluding hydrogens is 234 g/mol. The largest absolute Gasteiger partial charge is 0.395 e. The third-order valence-corrected chi connectivity index (χ3v) is 6.33. The van der Waals surface area contributed by atoms with Crippen LogP contribution in [0.4, 0.5) is 0 Å². The first-order valence-electron chi connectivity index (χ1n) is 8.71. The van der Waals surface area contributed by atoms with Crippen molar-refractivity contribution < 1.29 is 5.11 Å². The van der Waals surface area contributed by atoms with Crippen LogP contribution in [0, 0.1) is 5.92 Å². The van der Waals surface area contributed by atoms with Crippen molar-refractivity contribution in [1.29, 1.82) is 0 Å². The molecule has 0 aromatic carbocycles. The smallest absolute Gasteiger partial charge is 0.0587 e. The van der Waals surface area contributed by atoms with E-state index in [1.54, 1.807) is 0 Å². The Hall–Kier alpha value is -0.0800. The first-order valence-corrected chi connectivity index (χ1v) is 8.71.